The number of carboxylic acid groups (broad SMARTS) is 1. The van der Waals surface area contributed by atoms with Crippen molar-refractivity contribution >= 4 is 29.7 Å². The molecular weight excluding hydrogens is 336 g/mol. The normalized spacial score (nSPS) is 16.7. The molecule has 0 spiro atoms. The second-order valence-electron chi connectivity index (χ2n) is 5.14. The van der Waals surface area contributed by atoms with Crippen LogP contribution in [0.1, 0.15) is 28.4 Å². The Kier molecular flexibility index (Phi) is 6.22. The van der Waals surface area contributed by atoms with Gasteiger partial charge in [0.25, 0.3) is 0 Å². The van der Waals surface area contributed by atoms with E-state index in [1.165, 1.54) is 26.2 Å². The predicted molar refractivity (Wildman–Crippen MR) is 86.3 cm³/mol. The highest BCUT2D eigenvalue weighted by Crippen LogP contribution is 2.31. The SMILES string of the molecule is COC(=O)Cc1c(CC2OCCS2)cc(C(=O)O)cc1OC(C)=O. The number of aromatic carboxylic acids is 1. The number of carbonyl (C=O) groups excluding carboxylic acids is 2. The van der Waals surface area contributed by atoms with E-state index in [0.29, 0.717) is 24.2 Å². The van der Waals surface area contributed by atoms with E-state index in [1.54, 1.807) is 11.8 Å². The first-order valence-corrected chi connectivity index (χ1v) is 8.33. The van der Waals surface area contributed by atoms with E-state index in [0.717, 1.165) is 5.75 Å². The summed E-state index contributed by atoms with van der Waals surface area (Å²) in [6, 6.07) is 2.73. The van der Waals surface area contributed by atoms with Gasteiger partial charge in [-0.15, -0.1) is 11.8 Å². The van der Waals surface area contributed by atoms with E-state index in [2.05, 4.69) is 4.74 Å². The number of hydrogen-bond donors (Lipinski definition) is 1. The molecule has 1 aliphatic heterocycles. The Balaban J connectivity index is 2.47. The molecule has 7 nitrogen and oxygen atoms in total. The zero-order chi connectivity index (χ0) is 17.7. The lowest BCUT2D eigenvalue weighted by Gasteiger charge is -2.17. The zero-order valence-corrected chi connectivity index (χ0v) is 14.2. The van der Waals surface area contributed by atoms with Crippen LogP contribution in [0.3, 0.4) is 0 Å². The van der Waals surface area contributed by atoms with E-state index in [1.807, 2.05) is 0 Å². The first kappa shape index (κ1) is 18.3. The van der Waals surface area contributed by atoms with Crippen molar-refractivity contribution in [3.05, 3.63) is 28.8 Å². The van der Waals surface area contributed by atoms with Crippen LogP contribution in [0, 0.1) is 0 Å². The van der Waals surface area contributed by atoms with Gasteiger partial charge in [0, 0.05) is 24.7 Å². The van der Waals surface area contributed by atoms with E-state index in [4.69, 9.17) is 9.47 Å². The van der Waals surface area contributed by atoms with Crippen molar-refractivity contribution in [2.75, 3.05) is 19.5 Å². The molecule has 1 fully saturated rings. The van der Waals surface area contributed by atoms with Crippen LogP contribution in [-0.2, 0) is 31.9 Å². The molecule has 1 saturated heterocycles. The van der Waals surface area contributed by atoms with Gasteiger partial charge >= 0.3 is 17.9 Å². The topological polar surface area (TPSA) is 99.1 Å². The van der Waals surface area contributed by atoms with Crippen molar-refractivity contribution in [1.29, 1.82) is 0 Å². The van der Waals surface area contributed by atoms with E-state index < -0.39 is 17.9 Å². The third-order valence-electron chi connectivity index (χ3n) is 3.43. The van der Waals surface area contributed by atoms with Crippen molar-refractivity contribution in [1.82, 2.24) is 0 Å². The van der Waals surface area contributed by atoms with Gasteiger partial charge in [-0.25, -0.2) is 4.79 Å². The Morgan fingerprint density at radius 2 is 2.12 bits per heavy atom. The van der Waals surface area contributed by atoms with Gasteiger partial charge < -0.3 is 19.3 Å². The Morgan fingerprint density at radius 1 is 1.38 bits per heavy atom. The number of carboxylic acids is 1. The minimum Gasteiger partial charge on any atom is -0.478 e. The standard InChI is InChI=1S/C16H18O7S/c1-9(17)23-13-6-11(16(19)20)5-10(7-15-22-3-4-24-15)12(13)8-14(18)21-2/h5-6,15H,3-4,7-8H2,1-2H3,(H,19,20). The highest BCUT2D eigenvalue weighted by molar-refractivity contribution is 7.99. The number of hydrogen-bond acceptors (Lipinski definition) is 7. The summed E-state index contributed by atoms with van der Waals surface area (Å²) < 4.78 is 15.4. The van der Waals surface area contributed by atoms with Gasteiger partial charge in [0.2, 0.25) is 0 Å². The third-order valence-corrected chi connectivity index (χ3v) is 4.51. The molecule has 0 saturated carbocycles. The Bertz CT molecular complexity index is 650. The van der Waals surface area contributed by atoms with Crippen LogP contribution in [0.25, 0.3) is 0 Å². The molecule has 1 aromatic carbocycles. The van der Waals surface area contributed by atoms with Gasteiger partial charge in [-0.1, -0.05) is 0 Å². The molecule has 1 atom stereocenters. The van der Waals surface area contributed by atoms with Crippen LogP contribution >= 0.6 is 11.8 Å². The van der Waals surface area contributed by atoms with E-state index >= 15 is 0 Å². The first-order valence-electron chi connectivity index (χ1n) is 7.28. The highest BCUT2D eigenvalue weighted by atomic mass is 32.2. The summed E-state index contributed by atoms with van der Waals surface area (Å²) in [4.78, 5) is 34.4. The number of benzene rings is 1. The second kappa shape index (κ2) is 8.16. The maximum Gasteiger partial charge on any atom is 0.335 e. The zero-order valence-electron chi connectivity index (χ0n) is 13.4. The smallest absolute Gasteiger partial charge is 0.335 e. The number of ether oxygens (including phenoxy) is 3. The summed E-state index contributed by atoms with van der Waals surface area (Å²) in [5.41, 5.74) is 0.891. The minimum atomic E-state index is -1.14. The predicted octanol–water partition coefficient (Wildman–Crippen LogP) is 1.66. The maximum atomic E-state index is 11.7. The van der Waals surface area contributed by atoms with Crippen molar-refractivity contribution in [2.24, 2.45) is 0 Å². The lowest BCUT2D eigenvalue weighted by molar-refractivity contribution is -0.140. The van der Waals surface area contributed by atoms with Crippen LogP contribution in [0.4, 0.5) is 0 Å². The van der Waals surface area contributed by atoms with E-state index in [-0.39, 0.29) is 23.2 Å². The molecule has 0 aliphatic carbocycles. The first-order chi connectivity index (χ1) is 11.4. The molecule has 8 heteroatoms. The molecule has 1 N–H and O–H groups in total. The number of thioether (sulfide) groups is 1. The largest absolute Gasteiger partial charge is 0.478 e. The maximum absolute atomic E-state index is 11.7. The molecule has 0 amide bonds. The summed E-state index contributed by atoms with van der Waals surface area (Å²) in [6.45, 7) is 1.84. The van der Waals surface area contributed by atoms with Gasteiger partial charge in [-0.3, -0.25) is 9.59 Å². The summed E-state index contributed by atoms with van der Waals surface area (Å²) in [5.74, 6) is -1.33. The molecule has 2 rings (SSSR count). The molecule has 1 aliphatic rings. The Morgan fingerprint density at radius 3 is 2.67 bits per heavy atom. The molecule has 1 aromatic rings. The van der Waals surface area contributed by atoms with Crippen LogP contribution in [0.15, 0.2) is 12.1 Å². The fourth-order valence-corrected chi connectivity index (χ4v) is 3.32. The van der Waals surface area contributed by atoms with Crippen molar-refractivity contribution in [3.8, 4) is 5.75 Å². The minimum absolute atomic E-state index is 0.0159. The van der Waals surface area contributed by atoms with Gasteiger partial charge in [0.1, 0.15) is 11.2 Å². The van der Waals surface area contributed by atoms with E-state index in [9.17, 15) is 19.5 Å². The van der Waals surface area contributed by atoms with Gasteiger partial charge in [-0.2, -0.15) is 0 Å². The van der Waals surface area contributed by atoms with Crippen LogP contribution in [0.5, 0.6) is 5.75 Å². The van der Waals surface area contributed by atoms with Crippen LogP contribution < -0.4 is 4.74 Å². The number of carbonyl (C=O) groups is 3. The Hall–Kier alpha value is -2.06. The summed E-state index contributed by atoms with van der Waals surface area (Å²) in [5, 5.41) is 9.28. The monoisotopic (exact) mass is 354 g/mol. The molecule has 1 unspecified atom stereocenters. The molecule has 0 radical (unpaired) electrons. The van der Waals surface area contributed by atoms with Crippen molar-refractivity contribution in [2.45, 2.75) is 25.2 Å². The van der Waals surface area contributed by atoms with Gasteiger partial charge in [0.05, 0.1) is 25.7 Å². The fourth-order valence-electron chi connectivity index (χ4n) is 2.38. The van der Waals surface area contributed by atoms with Crippen LogP contribution in [0.2, 0.25) is 0 Å². The third kappa shape index (κ3) is 4.72. The second-order valence-corrected chi connectivity index (χ2v) is 6.41. The molecule has 24 heavy (non-hydrogen) atoms. The number of esters is 2. The number of methoxy groups -OCH3 is 1. The summed E-state index contributed by atoms with van der Waals surface area (Å²) in [6.07, 6.45) is 0.290. The average molecular weight is 354 g/mol. The molecule has 0 aromatic heterocycles. The van der Waals surface area contributed by atoms with Crippen LogP contribution in [-0.4, -0.2) is 47.9 Å². The summed E-state index contributed by atoms with van der Waals surface area (Å²) >= 11 is 1.61. The van der Waals surface area contributed by atoms with Crippen molar-refractivity contribution in [3.63, 3.8) is 0 Å². The highest BCUT2D eigenvalue weighted by Gasteiger charge is 2.24. The van der Waals surface area contributed by atoms with Gasteiger partial charge in [-0.05, 0) is 17.7 Å². The Labute approximate surface area is 143 Å². The fraction of sp³-hybridized carbons (Fsp3) is 0.438. The molecule has 1 heterocycles. The number of rotatable bonds is 6. The quantitative estimate of drug-likeness (QED) is 0.608. The lowest BCUT2D eigenvalue weighted by atomic mass is 9.97. The molecular formula is C16H18O7S. The molecule has 130 valence electrons. The lowest BCUT2D eigenvalue weighted by Crippen LogP contribution is -2.15. The molecule has 0 bridgehead atoms. The van der Waals surface area contributed by atoms with Crippen molar-refractivity contribution < 1.29 is 33.7 Å². The van der Waals surface area contributed by atoms with Gasteiger partial charge in [0.15, 0.2) is 0 Å². The average Bonchev–Trinajstić information content (AvgIpc) is 3.02. The summed E-state index contributed by atoms with van der Waals surface area (Å²) in [7, 11) is 1.26.